The van der Waals surface area contributed by atoms with Crippen molar-refractivity contribution in [1.29, 1.82) is 0 Å². The van der Waals surface area contributed by atoms with Crippen molar-refractivity contribution in [3.8, 4) is 5.75 Å². The Bertz CT molecular complexity index is 805. The van der Waals surface area contributed by atoms with Crippen LogP contribution in [-0.4, -0.2) is 30.9 Å². The zero-order valence-corrected chi connectivity index (χ0v) is 13.2. The molecule has 0 aliphatic rings. The Kier molecular flexibility index (Phi) is 5.67. The van der Waals surface area contributed by atoms with Crippen molar-refractivity contribution in [2.45, 2.75) is 17.7 Å². The number of aliphatic carboxylic acids is 1. The number of aryl methyl sites for hydroxylation is 1. The fourth-order valence-electron chi connectivity index (χ4n) is 2.08. The van der Waals surface area contributed by atoms with Crippen LogP contribution >= 0.6 is 0 Å². The van der Waals surface area contributed by atoms with Crippen LogP contribution in [0.5, 0.6) is 5.75 Å². The number of anilines is 1. The van der Waals surface area contributed by atoms with E-state index in [1.807, 2.05) is 0 Å². The highest BCUT2D eigenvalue weighted by atomic mass is 32.2. The van der Waals surface area contributed by atoms with Gasteiger partial charge in [-0.2, -0.15) is 0 Å². The number of aromatic hydroxyl groups is 1. The molecule has 0 saturated carbocycles. The third-order valence-corrected chi connectivity index (χ3v) is 3.96. The molecule has 3 N–H and O–H groups in total. The number of amides is 1. The van der Waals surface area contributed by atoms with Gasteiger partial charge in [0.25, 0.3) is 5.91 Å². The largest absolute Gasteiger partial charge is 0.768 e. The van der Waals surface area contributed by atoms with Gasteiger partial charge in [0.15, 0.2) is 0 Å². The molecule has 1 atom stereocenters. The predicted molar refractivity (Wildman–Crippen MR) is 85.6 cm³/mol. The summed E-state index contributed by atoms with van der Waals surface area (Å²) in [6.45, 7) is 0. The number of phenolic OH excluding ortho intramolecular Hbond substituents is 1. The summed E-state index contributed by atoms with van der Waals surface area (Å²) in [5, 5.41) is 20.8. The number of nitrogens with one attached hydrogen (secondary N) is 1. The van der Waals surface area contributed by atoms with E-state index in [-0.39, 0.29) is 34.7 Å². The summed E-state index contributed by atoms with van der Waals surface area (Å²) in [4.78, 5) is 22.7. The van der Waals surface area contributed by atoms with E-state index >= 15 is 0 Å². The van der Waals surface area contributed by atoms with Crippen LogP contribution in [0.15, 0.2) is 47.4 Å². The maximum atomic E-state index is 12.2. The minimum absolute atomic E-state index is 0.00364. The molecule has 0 bridgehead atoms. The van der Waals surface area contributed by atoms with Crippen molar-refractivity contribution in [3.63, 3.8) is 0 Å². The lowest BCUT2D eigenvalue weighted by Gasteiger charge is -2.15. The molecule has 0 radical (unpaired) electrons. The molecule has 0 aliphatic heterocycles. The number of carboxylic acid groups (broad SMARTS) is 1. The molecule has 126 valence electrons. The normalized spacial score (nSPS) is 11.7. The van der Waals surface area contributed by atoms with E-state index in [0.717, 1.165) is 0 Å². The highest BCUT2D eigenvalue weighted by Gasteiger charge is 2.14. The Morgan fingerprint density at radius 2 is 1.88 bits per heavy atom. The van der Waals surface area contributed by atoms with Crippen molar-refractivity contribution < 1.29 is 28.6 Å². The van der Waals surface area contributed by atoms with Gasteiger partial charge in [0.05, 0.1) is 11.3 Å². The van der Waals surface area contributed by atoms with Gasteiger partial charge >= 0.3 is 5.97 Å². The second-order valence-corrected chi connectivity index (χ2v) is 5.84. The number of hydrogen-bond donors (Lipinski definition) is 3. The van der Waals surface area contributed by atoms with Crippen LogP contribution in [0, 0.1) is 0 Å². The SMILES string of the molecule is O=C(O)CCc1ccc(S(=O)[O-])c(NC(=O)c2ccccc2O)c1. The van der Waals surface area contributed by atoms with Gasteiger partial charge in [0.2, 0.25) is 0 Å². The molecule has 0 heterocycles. The zero-order chi connectivity index (χ0) is 17.7. The molecule has 2 aromatic rings. The van der Waals surface area contributed by atoms with Crippen LogP contribution < -0.4 is 5.32 Å². The van der Waals surface area contributed by atoms with Gasteiger partial charge < -0.3 is 20.1 Å². The van der Waals surface area contributed by atoms with E-state index in [2.05, 4.69) is 5.32 Å². The fourth-order valence-corrected chi connectivity index (χ4v) is 2.55. The monoisotopic (exact) mass is 348 g/mol. The molecule has 2 aromatic carbocycles. The summed E-state index contributed by atoms with van der Waals surface area (Å²) in [5.74, 6) is -1.89. The zero-order valence-electron chi connectivity index (χ0n) is 12.4. The molecule has 8 heteroatoms. The summed E-state index contributed by atoms with van der Waals surface area (Å²) < 4.78 is 22.6. The van der Waals surface area contributed by atoms with E-state index in [1.54, 1.807) is 12.1 Å². The average molecular weight is 348 g/mol. The Labute approximate surface area is 140 Å². The van der Waals surface area contributed by atoms with Crippen LogP contribution in [0.4, 0.5) is 5.69 Å². The first kappa shape index (κ1) is 17.6. The lowest BCUT2D eigenvalue weighted by atomic mass is 10.1. The summed E-state index contributed by atoms with van der Waals surface area (Å²) >= 11 is -2.58. The molecule has 0 spiro atoms. The fraction of sp³-hybridized carbons (Fsp3) is 0.125. The third-order valence-electron chi connectivity index (χ3n) is 3.25. The van der Waals surface area contributed by atoms with Gasteiger partial charge in [-0.25, -0.2) is 0 Å². The highest BCUT2D eigenvalue weighted by molar-refractivity contribution is 7.79. The van der Waals surface area contributed by atoms with Crippen molar-refractivity contribution >= 4 is 28.6 Å². The quantitative estimate of drug-likeness (QED) is 0.684. The smallest absolute Gasteiger partial charge is 0.303 e. The van der Waals surface area contributed by atoms with Crippen LogP contribution in [0.3, 0.4) is 0 Å². The first-order valence-corrected chi connectivity index (χ1v) is 7.99. The summed E-state index contributed by atoms with van der Waals surface area (Å²) in [6, 6.07) is 10.0. The lowest BCUT2D eigenvalue weighted by molar-refractivity contribution is -0.136. The minimum Gasteiger partial charge on any atom is -0.768 e. The number of carbonyl (C=O) groups excluding carboxylic acids is 1. The first-order valence-electron chi connectivity index (χ1n) is 6.92. The molecule has 0 fully saturated rings. The maximum absolute atomic E-state index is 12.2. The second-order valence-electron chi connectivity index (χ2n) is 4.93. The second kappa shape index (κ2) is 7.71. The van der Waals surface area contributed by atoms with Crippen molar-refractivity contribution in [3.05, 3.63) is 53.6 Å². The number of benzene rings is 2. The predicted octanol–water partition coefficient (Wildman–Crippen LogP) is 1.90. The molecular formula is C16H14NO6S-. The lowest BCUT2D eigenvalue weighted by Crippen LogP contribution is -2.14. The number of phenols is 1. The van der Waals surface area contributed by atoms with E-state index < -0.39 is 23.0 Å². The number of rotatable bonds is 6. The topological polar surface area (TPSA) is 127 Å². The number of carbonyl (C=O) groups is 2. The third kappa shape index (κ3) is 4.40. The summed E-state index contributed by atoms with van der Waals surface area (Å²) in [7, 11) is 0. The van der Waals surface area contributed by atoms with Crippen molar-refractivity contribution in [1.82, 2.24) is 0 Å². The molecule has 0 saturated heterocycles. The highest BCUT2D eigenvalue weighted by Crippen LogP contribution is 2.24. The molecule has 7 nitrogen and oxygen atoms in total. The van der Waals surface area contributed by atoms with E-state index in [1.165, 1.54) is 30.3 Å². The van der Waals surface area contributed by atoms with Gasteiger partial charge in [0.1, 0.15) is 5.75 Å². The Hall–Kier alpha value is -2.71. The van der Waals surface area contributed by atoms with Crippen LogP contribution in [0.2, 0.25) is 0 Å². The van der Waals surface area contributed by atoms with E-state index in [4.69, 9.17) is 5.11 Å². The van der Waals surface area contributed by atoms with Crippen LogP contribution in [-0.2, 0) is 22.3 Å². The minimum atomic E-state index is -2.58. The number of para-hydroxylation sites is 1. The number of carboxylic acids is 1. The Morgan fingerprint density at radius 1 is 1.17 bits per heavy atom. The number of hydrogen-bond acceptors (Lipinski definition) is 5. The average Bonchev–Trinajstić information content (AvgIpc) is 2.53. The Morgan fingerprint density at radius 3 is 2.50 bits per heavy atom. The van der Waals surface area contributed by atoms with Crippen LogP contribution in [0.1, 0.15) is 22.3 Å². The van der Waals surface area contributed by atoms with Crippen molar-refractivity contribution in [2.75, 3.05) is 5.32 Å². The first-order chi connectivity index (χ1) is 11.4. The summed E-state index contributed by atoms with van der Waals surface area (Å²) in [6.07, 6.45) is 0.0766. The van der Waals surface area contributed by atoms with E-state index in [0.29, 0.717) is 5.56 Å². The molecule has 0 aliphatic carbocycles. The van der Waals surface area contributed by atoms with Crippen LogP contribution in [0.25, 0.3) is 0 Å². The van der Waals surface area contributed by atoms with Crippen molar-refractivity contribution in [2.24, 2.45) is 0 Å². The van der Waals surface area contributed by atoms with E-state index in [9.17, 15) is 23.5 Å². The van der Waals surface area contributed by atoms with Gasteiger partial charge in [-0.15, -0.1) is 0 Å². The van der Waals surface area contributed by atoms with Gasteiger partial charge in [0, 0.05) is 11.3 Å². The molecule has 1 unspecified atom stereocenters. The van der Waals surface area contributed by atoms with Gasteiger partial charge in [-0.3, -0.25) is 13.8 Å². The van der Waals surface area contributed by atoms with Gasteiger partial charge in [-0.1, -0.05) is 18.2 Å². The molecule has 1 amide bonds. The Balaban J connectivity index is 2.30. The molecule has 24 heavy (non-hydrogen) atoms. The molecular weight excluding hydrogens is 334 g/mol. The molecule has 0 aromatic heterocycles. The molecule has 2 rings (SSSR count). The standard InChI is InChI=1S/C16H15NO6S/c18-13-4-2-1-3-11(13)16(21)17-12-9-10(6-8-15(19)20)5-7-14(12)24(22)23/h1-5,7,9,18H,6,8H2,(H,17,21)(H,19,20)(H,22,23)/p-1. The summed E-state index contributed by atoms with van der Waals surface area (Å²) in [5.41, 5.74) is 0.592. The maximum Gasteiger partial charge on any atom is 0.303 e. The van der Waals surface area contributed by atoms with Gasteiger partial charge in [-0.05, 0) is 47.3 Å².